The van der Waals surface area contributed by atoms with Crippen molar-refractivity contribution in [2.75, 3.05) is 19.8 Å². The van der Waals surface area contributed by atoms with Gasteiger partial charge in [0.25, 0.3) is 11.8 Å². The van der Waals surface area contributed by atoms with Crippen molar-refractivity contribution < 1.29 is 23.5 Å². The zero-order valence-corrected chi connectivity index (χ0v) is 19.7. The largest absolute Gasteiger partial charge is 0.381 e. The van der Waals surface area contributed by atoms with E-state index in [0.29, 0.717) is 36.2 Å². The summed E-state index contributed by atoms with van der Waals surface area (Å²) in [6.07, 6.45) is 2.73. The van der Waals surface area contributed by atoms with E-state index >= 15 is 0 Å². The summed E-state index contributed by atoms with van der Waals surface area (Å²) in [6, 6.07) is 8.25. The van der Waals surface area contributed by atoms with E-state index in [4.69, 9.17) is 16.2 Å². The molecule has 2 aliphatic rings. The Kier molecular flexibility index (Phi) is 6.76. The van der Waals surface area contributed by atoms with Gasteiger partial charge in [-0.15, -0.1) is 5.10 Å². The van der Waals surface area contributed by atoms with Crippen LogP contribution in [0.2, 0.25) is 0 Å². The molecule has 1 aromatic heterocycles. The lowest BCUT2D eigenvalue weighted by Gasteiger charge is -2.49. The summed E-state index contributed by atoms with van der Waals surface area (Å²) in [5.74, 6) is -4.25. The number of aromatic nitrogens is 2. The summed E-state index contributed by atoms with van der Waals surface area (Å²) in [7, 11) is 0. The standard InChI is InChI=1S/C23H23BrFN5O4/c24-18-6-5-17(28-29-18)23(22(27)33)19(14-1-3-15(25)4-2-14)20(31)16(21(26)32)12-30(23)11-13-7-9-34-10-8-13/h1-6,12-13,19H,7-11H2,(H2,26,32)(H2,27,33). The summed E-state index contributed by atoms with van der Waals surface area (Å²) in [5, 5.41) is 8.21. The van der Waals surface area contributed by atoms with Gasteiger partial charge in [0.15, 0.2) is 11.3 Å². The minimum absolute atomic E-state index is 0.0864. The van der Waals surface area contributed by atoms with Gasteiger partial charge in [-0.05, 0) is 64.5 Å². The molecular weight excluding hydrogens is 509 g/mol. The third-order valence-electron chi connectivity index (χ3n) is 6.35. The second-order valence-electron chi connectivity index (χ2n) is 8.34. The number of Topliss-reactive ketones (excluding diaryl/α,β-unsaturated/α-hetero) is 1. The fourth-order valence-electron chi connectivity index (χ4n) is 4.69. The number of nitrogens with zero attached hydrogens (tertiary/aromatic N) is 3. The molecule has 11 heteroatoms. The van der Waals surface area contributed by atoms with Crippen molar-refractivity contribution in [2.24, 2.45) is 17.4 Å². The number of hydrogen-bond donors (Lipinski definition) is 2. The average Bonchev–Trinajstić information content (AvgIpc) is 2.81. The van der Waals surface area contributed by atoms with Crippen LogP contribution in [0.3, 0.4) is 0 Å². The Morgan fingerprint density at radius 3 is 2.35 bits per heavy atom. The molecule has 2 atom stereocenters. The van der Waals surface area contributed by atoms with Crippen LogP contribution >= 0.6 is 15.9 Å². The molecule has 9 nitrogen and oxygen atoms in total. The summed E-state index contributed by atoms with van der Waals surface area (Å²) in [5.41, 5.74) is 9.91. The highest BCUT2D eigenvalue weighted by atomic mass is 79.9. The predicted octanol–water partition coefficient (Wildman–Crippen LogP) is 1.52. The fourth-order valence-corrected chi connectivity index (χ4v) is 4.90. The Morgan fingerprint density at radius 1 is 1.12 bits per heavy atom. The maximum Gasteiger partial charge on any atom is 0.253 e. The number of ether oxygens (including phenoxy) is 1. The molecule has 178 valence electrons. The van der Waals surface area contributed by atoms with Crippen LogP contribution in [0.25, 0.3) is 0 Å². The Labute approximate surface area is 203 Å². The van der Waals surface area contributed by atoms with Crippen LogP contribution in [-0.2, 0) is 24.7 Å². The topological polar surface area (TPSA) is 142 Å². The number of primary amides is 2. The first-order valence-electron chi connectivity index (χ1n) is 10.7. The summed E-state index contributed by atoms with van der Waals surface area (Å²) in [6.45, 7) is 1.38. The van der Waals surface area contributed by atoms with Crippen molar-refractivity contribution in [3.05, 3.63) is 69.8 Å². The molecule has 0 spiro atoms. The molecule has 34 heavy (non-hydrogen) atoms. The van der Waals surface area contributed by atoms with Crippen LogP contribution in [0, 0.1) is 11.7 Å². The van der Waals surface area contributed by atoms with Crippen LogP contribution in [0.5, 0.6) is 0 Å². The highest BCUT2D eigenvalue weighted by molar-refractivity contribution is 9.10. The van der Waals surface area contributed by atoms with Gasteiger partial charge in [-0.3, -0.25) is 14.4 Å². The van der Waals surface area contributed by atoms with Crippen molar-refractivity contribution in [2.45, 2.75) is 24.3 Å². The van der Waals surface area contributed by atoms with E-state index in [1.54, 1.807) is 17.0 Å². The zero-order valence-electron chi connectivity index (χ0n) is 18.1. The van der Waals surface area contributed by atoms with Crippen molar-refractivity contribution in [1.82, 2.24) is 15.1 Å². The molecule has 0 bridgehead atoms. The monoisotopic (exact) mass is 531 g/mol. The second kappa shape index (κ2) is 9.59. The molecule has 2 aromatic rings. The minimum atomic E-state index is -1.83. The highest BCUT2D eigenvalue weighted by Gasteiger charge is 2.58. The molecule has 2 aliphatic heterocycles. The second-order valence-corrected chi connectivity index (χ2v) is 9.15. The van der Waals surface area contributed by atoms with Gasteiger partial charge in [0.1, 0.15) is 10.4 Å². The number of rotatable bonds is 6. The van der Waals surface area contributed by atoms with Gasteiger partial charge in [-0.2, -0.15) is 5.10 Å². The van der Waals surface area contributed by atoms with Crippen molar-refractivity contribution >= 4 is 33.5 Å². The van der Waals surface area contributed by atoms with Gasteiger partial charge in [-0.25, -0.2) is 4.39 Å². The molecule has 0 aliphatic carbocycles. The molecular formula is C23H23BrFN5O4. The van der Waals surface area contributed by atoms with Gasteiger partial charge in [0.2, 0.25) is 0 Å². The summed E-state index contributed by atoms with van der Waals surface area (Å²) in [4.78, 5) is 40.9. The van der Waals surface area contributed by atoms with E-state index in [2.05, 4.69) is 26.1 Å². The van der Waals surface area contributed by atoms with Crippen LogP contribution in [0.4, 0.5) is 4.39 Å². The number of hydrogen-bond acceptors (Lipinski definition) is 7. The van der Waals surface area contributed by atoms with Crippen LogP contribution in [0.1, 0.15) is 30.0 Å². The molecule has 4 rings (SSSR count). The predicted molar refractivity (Wildman–Crippen MR) is 122 cm³/mol. The Hall–Kier alpha value is -3.18. The number of amides is 2. The molecule has 0 saturated carbocycles. The number of carbonyl (C=O) groups is 3. The minimum Gasteiger partial charge on any atom is -0.381 e. The molecule has 2 amide bonds. The van der Waals surface area contributed by atoms with Crippen molar-refractivity contribution in [3.63, 3.8) is 0 Å². The van der Waals surface area contributed by atoms with E-state index in [9.17, 15) is 18.8 Å². The first kappa shape index (κ1) is 24.0. The third kappa shape index (κ3) is 4.21. The van der Waals surface area contributed by atoms with E-state index in [0.717, 1.165) is 0 Å². The Morgan fingerprint density at radius 2 is 1.79 bits per heavy atom. The van der Waals surface area contributed by atoms with E-state index in [1.807, 2.05) is 0 Å². The van der Waals surface area contributed by atoms with Gasteiger partial charge in [0, 0.05) is 26.0 Å². The number of ketones is 1. The third-order valence-corrected chi connectivity index (χ3v) is 6.77. The van der Waals surface area contributed by atoms with E-state index in [-0.39, 0.29) is 23.7 Å². The molecule has 2 unspecified atom stereocenters. The number of carbonyl (C=O) groups excluding carboxylic acids is 3. The lowest BCUT2D eigenvalue weighted by atomic mass is 9.68. The van der Waals surface area contributed by atoms with Gasteiger partial charge in [-0.1, -0.05) is 12.1 Å². The normalized spacial score (nSPS) is 23.5. The number of halogens is 2. The molecule has 3 heterocycles. The molecule has 1 saturated heterocycles. The molecule has 0 radical (unpaired) electrons. The maximum atomic E-state index is 13.7. The Bertz CT molecular complexity index is 1140. The Balaban J connectivity index is 1.99. The SMILES string of the molecule is NC(=O)C1=CN(CC2CCOCC2)C(C(N)=O)(c2ccc(Br)nn2)C(c2ccc(F)cc2)C1=O. The van der Waals surface area contributed by atoms with Crippen molar-refractivity contribution in [3.8, 4) is 0 Å². The molecule has 4 N–H and O–H groups in total. The quantitative estimate of drug-likeness (QED) is 0.538. The zero-order chi connectivity index (χ0) is 24.5. The lowest BCUT2D eigenvalue weighted by Crippen LogP contribution is -2.62. The number of benzene rings is 1. The van der Waals surface area contributed by atoms with Crippen LogP contribution < -0.4 is 11.5 Å². The summed E-state index contributed by atoms with van der Waals surface area (Å²) < 4.78 is 19.6. The van der Waals surface area contributed by atoms with Gasteiger partial charge < -0.3 is 21.1 Å². The van der Waals surface area contributed by atoms with Gasteiger partial charge >= 0.3 is 0 Å². The van der Waals surface area contributed by atoms with Crippen LogP contribution in [-0.4, -0.2) is 52.5 Å². The van der Waals surface area contributed by atoms with Crippen LogP contribution in [0.15, 0.2) is 52.8 Å². The van der Waals surface area contributed by atoms with Crippen molar-refractivity contribution in [1.29, 1.82) is 0 Å². The van der Waals surface area contributed by atoms with E-state index < -0.39 is 34.9 Å². The van der Waals surface area contributed by atoms with E-state index in [1.165, 1.54) is 30.5 Å². The number of nitrogens with two attached hydrogens (primary N) is 2. The van der Waals surface area contributed by atoms with Gasteiger partial charge in [0.05, 0.1) is 17.2 Å². The average molecular weight is 532 g/mol. The summed E-state index contributed by atoms with van der Waals surface area (Å²) >= 11 is 3.23. The maximum absolute atomic E-state index is 13.7. The highest BCUT2D eigenvalue weighted by Crippen LogP contribution is 2.47. The molecule has 1 fully saturated rings. The first-order valence-corrected chi connectivity index (χ1v) is 11.5. The fraction of sp³-hybridized carbons (Fsp3) is 0.348. The lowest BCUT2D eigenvalue weighted by molar-refractivity contribution is -0.140. The molecule has 1 aromatic carbocycles. The first-order chi connectivity index (χ1) is 16.2. The smallest absolute Gasteiger partial charge is 0.253 e.